The van der Waals surface area contributed by atoms with Gasteiger partial charge in [0, 0.05) is 16.0 Å². The third-order valence-corrected chi connectivity index (χ3v) is 2.74. The third-order valence-electron chi connectivity index (χ3n) is 2.21. The van der Waals surface area contributed by atoms with Gasteiger partial charge in [-0.25, -0.2) is 0 Å². The van der Waals surface area contributed by atoms with Gasteiger partial charge in [0.2, 0.25) is 0 Å². The van der Waals surface area contributed by atoms with Gasteiger partial charge in [0.05, 0.1) is 6.61 Å². The van der Waals surface area contributed by atoms with E-state index in [1.807, 2.05) is 19.1 Å². The van der Waals surface area contributed by atoms with Crippen LogP contribution >= 0.6 is 15.9 Å². The van der Waals surface area contributed by atoms with E-state index < -0.39 is 0 Å². The molecule has 0 aliphatic rings. The predicted octanol–water partition coefficient (Wildman–Crippen LogP) is 2.65. The fourth-order valence-electron chi connectivity index (χ4n) is 1.25. The minimum Gasteiger partial charge on any atom is -0.396 e. The Bertz CT molecular complexity index is 302. The average molecular weight is 257 g/mol. The molecular weight excluding hydrogens is 244 g/mol. The highest BCUT2D eigenvalue weighted by atomic mass is 79.9. The van der Waals surface area contributed by atoms with Crippen molar-refractivity contribution in [3.8, 4) is 0 Å². The number of rotatable bonds is 4. The fourth-order valence-corrected chi connectivity index (χ4v) is 1.51. The first-order chi connectivity index (χ1) is 6.69. The molecule has 0 spiro atoms. The standard InChI is InChI=1S/C11H13BrO2/c1-2-8(7-13)11(14)9-3-5-10(12)6-4-9/h3-6,8,13H,2,7H2,1H3. The Hall–Kier alpha value is -0.670. The summed E-state index contributed by atoms with van der Waals surface area (Å²) in [6.45, 7) is 1.82. The molecule has 0 aliphatic carbocycles. The molecule has 0 heterocycles. The molecule has 0 aromatic heterocycles. The molecule has 0 fully saturated rings. The van der Waals surface area contributed by atoms with Crippen molar-refractivity contribution >= 4 is 21.7 Å². The molecular formula is C11H13BrO2. The highest BCUT2D eigenvalue weighted by Crippen LogP contribution is 2.15. The zero-order valence-corrected chi connectivity index (χ0v) is 9.62. The summed E-state index contributed by atoms with van der Waals surface area (Å²) < 4.78 is 0.950. The molecule has 0 radical (unpaired) electrons. The Labute approximate surface area is 92.1 Å². The van der Waals surface area contributed by atoms with Crippen LogP contribution in [0.25, 0.3) is 0 Å². The minimum atomic E-state index is -0.267. The number of Topliss-reactive ketones (excluding diaryl/α,β-unsaturated/α-hetero) is 1. The number of carbonyl (C=O) groups is 1. The highest BCUT2D eigenvalue weighted by Gasteiger charge is 2.16. The molecule has 0 saturated carbocycles. The maximum Gasteiger partial charge on any atom is 0.168 e. The largest absolute Gasteiger partial charge is 0.396 e. The van der Waals surface area contributed by atoms with Crippen molar-refractivity contribution in [2.24, 2.45) is 5.92 Å². The van der Waals surface area contributed by atoms with Crippen molar-refractivity contribution in [2.45, 2.75) is 13.3 Å². The van der Waals surface area contributed by atoms with Crippen molar-refractivity contribution in [1.29, 1.82) is 0 Å². The summed E-state index contributed by atoms with van der Waals surface area (Å²) in [5.41, 5.74) is 0.661. The molecule has 1 N–H and O–H groups in total. The van der Waals surface area contributed by atoms with Gasteiger partial charge >= 0.3 is 0 Å². The van der Waals surface area contributed by atoms with E-state index in [0.717, 1.165) is 4.47 Å². The van der Waals surface area contributed by atoms with Crippen molar-refractivity contribution in [2.75, 3.05) is 6.61 Å². The lowest BCUT2D eigenvalue weighted by Crippen LogP contribution is -2.17. The van der Waals surface area contributed by atoms with Gasteiger partial charge in [-0.15, -0.1) is 0 Å². The molecule has 1 rings (SSSR count). The third kappa shape index (κ3) is 2.66. The smallest absolute Gasteiger partial charge is 0.168 e. The maximum absolute atomic E-state index is 11.7. The lowest BCUT2D eigenvalue weighted by Gasteiger charge is -2.09. The van der Waals surface area contributed by atoms with Gasteiger partial charge in [-0.1, -0.05) is 35.0 Å². The van der Waals surface area contributed by atoms with E-state index in [-0.39, 0.29) is 18.3 Å². The van der Waals surface area contributed by atoms with E-state index in [9.17, 15) is 4.79 Å². The molecule has 1 aromatic rings. The van der Waals surface area contributed by atoms with Crippen molar-refractivity contribution in [3.63, 3.8) is 0 Å². The first-order valence-corrected chi connectivity index (χ1v) is 5.39. The van der Waals surface area contributed by atoms with Crippen molar-refractivity contribution in [1.82, 2.24) is 0 Å². The molecule has 1 atom stereocenters. The summed E-state index contributed by atoms with van der Waals surface area (Å²) in [7, 11) is 0. The predicted molar refractivity (Wildman–Crippen MR) is 59.3 cm³/mol. The van der Waals surface area contributed by atoms with Crippen LogP contribution in [0.4, 0.5) is 0 Å². The van der Waals surface area contributed by atoms with Gasteiger partial charge in [-0.3, -0.25) is 4.79 Å². The van der Waals surface area contributed by atoms with E-state index >= 15 is 0 Å². The van der Waals surface area contributed by atoms with Gasteiger partial charge in [0.1, 0.15) is 0 Å². The van der Waals surface area contributed by atoms with Crippen molar-refractivity contribution in [3.05, 3.63) is 34.3 Å². The Balaban J connectivity index is 2.83. The van der Waals surface area contributed by atoms with E-state index in [0.29, 0.717) is 12.0 Å². The first kappa shape index (κ1) is 11.4. The zero-order valence-electron chi connectivity index (χ0n) is 8.03. The second-order valence-electron chi connectivity index (χ2n) is 3.16. The Kier molecular flexibility index (Phi) is 4.29. The van der Waals surface area contributed by atoms with Crippen LogP contribution in [0.2, 0.25) is 0 Å². The van der Waals surface area contributed by atoms with Gasteiger partial charge in [0.15, 0.2) is 5.78 Å². The number of benzene rings is 1. The highest BCUT2D eigenvalue weighted by molar-refractivity contribution is 9.10. The second kappa shape index (κ2) is 5.27. The van der Waals surface area contributed by atoms with E-state index in [1.165, 1.54) is 0 Å². The lowest BCUT2D eigenvalue weighted by atomic mass is 9.96. The van der Waals surface area contributed by atoms with Gasteiger partial charge in [0.25, 0.3) is 0 Å². The zero-order chi connectivity index (χ0) is 10.6. The summed E-state index contributed by atoms with van der Waals surface area (Å²) in [5.74, 6) is -0.251. The number of carbonyl (C=O) groups excluding carboxylic acids is 1. The van der Waals surface area contributed by atoms with E-state index in [2.05, 4.69) is 15.9 Å². The van der Waals surface area contributed by atoms with Crippen LogP contribution in [-0.2, 0) is 0 Å². The summed E-state index contributed by atoms with van der Waals surface area (Å²) in [6.07, 6.45) is 0.672. The number of hydrogen-bond acceptors (Lipinski definition) is 2. The molecule has 76 valence electrons. The number of aliphatic hydroxyl groups excluding tert-OH is 1. The summed E-state index contributed by atoms with van der Waals surface area (Å²) in [5, 5.41) is 8.98. The summed E-state index contributed by atoms with van der Waals surface area (Å²) >= 11 is 3.31. The molecule has 0 saturated heterocycles. The molecule has 0 bridgehead atoms. The molecule has 3 heteroatoms. The Morgan fingerprint density at radius 1 is 1.43 bits per heavy atom. The number of halogens is 1. The minimum absolute atomic E-state index is 0.0162. The number of aliphatic hydroxyl groups is 1. The molecule has 1 unspecified atom stereocenters. The van der Waals surface area contributed by atoms with Crippen LogP contribution in [0.5, 0.6) is 0 Å². The van der Waals surface area contributed by atoms with Gasteiger partial charge in [-0.2, -0.15) is 0 Å². The second-order valence-corrected chi connectivity index (χ2v) is 4.07. The maximum atomic E-state index is 11.7. The van der Waals surface area contributed by atoms with Crippen LogP contribution < -0.4 is 0 Å². The van der Waals surface area contributed by atoms with Crippen LogP contribution in [0.3, 0.4) is 0 Å². The fraction of sp³-hybridized carbons (Fsp3) is 0.364. The molecule has 2 nitrogen and oxygen atoms in total. The van der Waals surface area contributed by atoms with Crippen LogP contribution in [0.1, 0.15) is 23.7 Å². The average Bonchev–Trinajstić information content (AvgIpc) is 2.20. The van der Waals surface area contributed by atoms with Crippen LogP contribution in [0.15, 0.2) is 28.7 Å². The monoisotopic (exact) mass is 256 g/mol. The van der Waals surface area contributed by atoms with Gasteiger partial charge in [-0.05, 0) is 18.6 Å². The van der Waals surface area contributed by atoms with Crippen LogP contribution in [-0.4, -0.2) is 17.5 Å². The lowest BCUT2D eigenvalue weighted by molar-refractivity contribution is 0.0856. The molecule has 0 aliphatic heterocycles. The summed E-state index contributed by atoms with van der Waals surface area (Å²) in [4.78, 5) is 11.7. The Morgan fingerprint density at radius 3 is 2.43 bits per heavy atom. The van der Waals surface area contributed by atoms with Gasteiger partial charge < -0.3 is 5.11 Å². The number of hydrogen-bond donors (Lipinski definition) is 1. The van der Waals surface area contributed by atoms with E-state index in [1.54, 1.807) is 12.1 Å². The number of ketones is 1. The quantitative estimate of drug-likeness (QED) is 0.842. The van der Waals surface area contributed by atoms with Crippen molar-refractivity contribution < 1.29 is 9.90 Å². The topological polar surface area (TPSA) is 37.3 Å². The molecule has 14 heavy (non-hydrogen) atoms. The SMILES string of the molecule is CCC(CO)C(=O)c1ccc(Br)cc1. The van der Waals surface area contributed by atoms with Crippen LogP contribution in [0, 0.1) is 5.92 Å². The summed E-state index contributed by atoms with van der Waals surface area (Å²) in [6, 6.07) is 7.20. The molecule has 0 amide bonds. The Morgan fingerprint density at radius 2 is 2.00 bits per heavy atom. The first-order valence-electron chi connectivity index (χ1n) is 4.59. The normalized spacial score (nSPS) is 12.5. The van der Waals surface area contributed by atoms with E-state index in [4.69, 9.17) is 5.11 Å². The molecule has 1 aromatic carbocycles.